The van der Waals surface area contributed by atoms with Crippen LogP contribution in [0.4, 0.5) is 0 Å². The molecule has 142 valence electrons. The fraction of sp³-hybridized carbons (Fsp3) is 0.333. The second-order valence-electron chi connectivity index (χ2n) is 6.77. The van der Waals surface area contributed by atoms with Crippen LogP contribution in [0.3, 0.4) is 0 Å². The predicted octanol–water partition coefficient (Wildman–Crippen LogP) is 2.67. The zero-order valence-corrected chi connectivity index (χ0v) is 17.5. The molecule has 1 unspecified atom stereocenters. The Balaban J connectivity index is 1.33. The summed E-state index contributed by atoms with van der Waals surface area (Å²) in [6, 6.07) is 16.8. The molecule has 0 aliphatic carbocycles. The molecular formula is C21H26N3OS2+. The first kappa shape index (κ1) is 19.9. The molecule has 1 amide bonds. The van der Waals surface area contributed by atoms with E-state index in [-0.39, 0.29) is 5.91 Å². The van der Waals surface area contributed by atoms with Crippen molar-refractivity contribution in [1.82, 2.24) is 10.3 Å². The van der Waals surface area contributed by atoms with E-state index in [1.807, 2.05) is 37.0 Å². The molecule has 3 rings (SSSR count). The van der Waals surface area contributed by atoms with Gasteiger partial charge in [-0.25, -0.2) is 4.98 Å². The van der Waals surface area contributed by atoms with Crippen LogP contribution >= 0.6 is 23.1 Å². The topological polar surface area (TPSA) is 46.4 Å². The molecule has 3 aromatic rings. The highest BCUT2D eigenvalue weighted by atomic mass is 32.2. The van der Waals surface area contributed by atoms with Crippen molar-refractivity contribution in [2.75, 3.05) is 25.9 Å². The average Bonchev–Trinajstić information content (AvgIpc) is 3.05. The Hall–Kier alpha value is -1.89. The molecule has 1 aromatic heterocycles. The van der Waals surface area contributed by atoms with Crippen LogP contribution in [0.15, 0.2) is 48.5 Å². The maximum Gasteiger partial charge on any atom is 0.275 e. The summed E-state index contributed by atoms with van der Waals surface area (Å²) in [7, 11) is 2.04. The van der Waals surface area contributed by atoms with Gasteiger partial charge in [0, 0.05) is 18.1 Å². The summed E-state index contributed by atoms with van der Waals surface area (Å²) in [5.74, 6) is 2.01. The third-order valence-electron chi connectivity index (χ3n) is 4.21. The molecule has 0 aliphatic heterocycles. The van der Waals surface area contributed by atoms with Gasteiger partial charge in [0.2, 0.25) is 0 Å². The number of amides is 1. The number of carbonyl (C=O) groups is 1. The van der Waals surface area contributed by atoms with Crippen molar-refractivity contribution in [3.63, 3.8) is 0 Å². The number of aryl methyl sites for hydroxylation is 1. The van der Waals surface area contributed by atoms with Gasteiger partial charge in [-0.05, 0) is 24.6 Å². The Labute approximate surface area is 169 Å². The maximum absolute atomic E-state index is 12.1. The van der Waals surface area contributed by atoms with Gasteiger partial charge in [0.25, 0.3) is 5.91 Å². The lowest BCUT2D eigenvalue weighted by molar-refractivity contribution is -0.885. The Morgan fingerprint density at radius 3 is 2.74 bits per heavy atom. The van der Waals surface area contributed by atoms with Crippen LogP contribution in [-0.4, -0.2) is 36.8 Å². The van der Waals surface area contributed by atoms with Gasteiger partial charge in [-0.15, -0.1) is 11.3 Å². The Bertz CT molecular complexity index is 844. The van der Waals surface area contributed by atoms with Crippen molar-refractivity contribution in [1.29, 1.82) is 0 Å². The third kappa shape index (κ3) is 6.34. The van der Waals surface area contributed by atoms with E-state index >= 15 is 0 Å². The van der Waals surface area contributed by atoms with Gasteiger partial charge < -0.3 is 10.2 Å². The van der Waals surface area contributed by atoms with Crippen molar-refractivity contribution >= 4 is 39.2 Å². The Kier molecular flexibility index (Phi) is 7.26. The van der Waals surface area contributed by atoms with Gasteiger partial charge in [-0.1, -0.05) is 42.0 Å². The minimum atomic E-state index is 0.101. The van der Waals surface area contributed by atoms with Crippen LogP contribution in [0.25, 0.3) is 10.2 Å². The van der Waals surface area contributed by atoms with Gasteiger partial charge in [-0.3, -0.25) is 4.79 Å². The van der Waals surface area contributed by atoms with E-state index < -0.39 is 0 Å². The standard InChI is InChI=1S/C21H25N3OS2/c1-16-7-9-17(10-8-16)15-26-12-11-22-20(25)13-24(2)14-21-23-18-5-3-4-6-19(18)27-21/h3-10H,11-15H2,1-2H3,(H,22,25)/p+1. The first-order valence-electron chi connectivity index (χ1n) is 9.16. The molecule has 0 bridgehead atoms. The number of thiazole rings is 1. The van der Waals surface area contributed by atoms with E-state index in [0.717, 1.165) is 33.5 Å². The lowest BCUT2D eigenvalue weighted by Gasteiger charge is -2.12. The van der Waals surface area contributed by atoms with E-state index in [1.165, 1.54) is 15.8 Å². The molecule has 0 aliphatic rings. The lowest BCUT2D eigenvalue weighted by Crippen LogP contribution is -3.08. The summed E-state index contributed by atoms with van der Waals surface area (Å²) in [5, 5.41) is 4.10. The molecule has 0 radical (unpaired) electrons. The normalized spacial score (nSPS) is 12.2. The molecule has 0 saturated heterocycles. The molecule has 2 N–H and O–H groups in total. The molecule has 0 saturated carbocycles. The quantitative estimate of drug-likeness (QED) is 0.543. The number of hydrogen-bond acceptors (Lipinski definition) is 4. The Morgan fingerprint density at radius 1 is 1.19 bits per heavy atom. The van der Waals surface area contributed by atoms with Gasteiger partial charge >= 0.3 is 0 Å². The number of nitrogens with one attached hydrogen (secondary N) is 2. The number of nitrogens with zero attached hydrogens (tertiary/aromatic N) is 1. The van der Waals surface area contributed by atoms with E-state index in [9.17, 15) is 4.79 Å². The smallest absolute Gasteiger partial charge is 0.275 e. The van der Waals surface area contributed by atoms with Gasteiger partial charge in [0.1, 0.15) is 11.6 Å². The number of aromatic nitrogens is 1. The number of para-hydroxylation sites is 1. The summed E-state index contributed by atoms with van der Waals surface area (Å²) < 4.78 is 1.20. The Morgan fingerprint density at radius 2 is 1.96 bits per heavy atom. The molecule has 4 nitrogen and oxygen atoms in total. The highest BCUT2D eigenvalue weighted by Gasteiger charge is 2.13. The zero-order valence-electron chi connectivity index (χ0n) is 15.8. The van der Waals surface area contributed by atoms with Crippen molar-refractivity contribution in [3.05, 3.63) is 64.7 Å². The van der Waals surface area contributed by atoms with E-state index in [2.05, 4.69) is 47.6 Å². The van der Waals surface area contributed by atoms with Crippen molar-refractivity contribution in [3.8, 4) is 0 Å². The van der Waals surface area contributed by atoms with Crippen LogP contribution in [0, 0.1) is 6.92 Å². The van der Waals surface area contributed by atoms with Crippen molar-refractivity contribution in [2.24, 2.45) is 0 Å². The van der Waals surface area contributed by atoms with Crippen LogP contribution in [0.2, 0.25) is 0 Å². The van der Waals surface area contributed by atoms with Gasteiger partial charge in [-0.2, -0.15) is 11.8 Å². The van der Waals surface area contributed by atoms with E-state index in [0.29, 0.717) is 13.1 Å². The molecule has 2 aromatic carbocycles. The minimum absolute atomic E-state index is 0.101. The van der Waals surface area contributed by atoms with E-state index in [1.54, 1.807) is 11.3 Å². The van der Waals surface area contributed by atoms with Crippen LogP contribution in [0.5, 0.6) is 0 Å². The third-order valence-corrected chi connectivity index (χ3v) is 6.28. The SMILES string of the molecule is Cc1ccc(CSCCNC(=O)C[NH+](C)Cc2nc3ccccc3s2)cc1. The number of likely N-dealkylation sites (N-methyl/N-ethyl adjacent to an activating group) is 1. The van der Waals surface area contributed by atoms with Crippen molar-refractivity contribution in [2.45, 2.75) is 19.2 Å². The first-order chi connectivity index (χ1) is 13.1. The molecular weight excluding hydrogens is 374 g/mol. The highest BCUT2D eigenvalue weighted by Crippen LogP contribution is 2.20. The molecule has 0 fully saturated rings. The number of hydrogen-bond donors (Lipinski definition) is 2. The summed E-state index contributed by atoms with van der Waals surface area (Å²) in [5.41, 5.74) is 3.66. The molecule has 27 heavy (non-hydrogen) atoms. The number of rotatable bonds is 9. The van der Waals surface area contributed by atoms with E-state index in [4.69, 9.17) is 0 Å². The maximum atomic E-state index is 12.1. The predicted molar refractivity (Wildman–Crippen MR) is 115 cm³/mol. The monoisotopic (exact) mass is 400 g/mol. The zero-order chi connectivity index (χ0) is 19.1. The number of quaternary nitrogens is 1. The van der Waals surface area contributed by atoms with Crippen LogP contribution < -0.4 is 10.2 Å². The second kappa shape index (κ2) is 9.88. The minimum Gasteiger partial charge on any atom is -0.350 e. The fourth-order valence-electron chi connectivity index (χ4n) is 2.79. The van der Waals surface area contributed by atoms with Crippen LogP contribution in [-0.2, 0) is 17.1 Å². The molecule has 1 atom stereocenters. The van der Waals surface area contributed by atoms with Gasteiger partial charge in [0.15, 0.2) is 6.54 Å². The van der Waals surface area contributed by atoms with Crippen LogP contribution in [0.1, 0.15) is 16.1 Å². The first-order valence-corrected chi connectivity index (χ1v) is 11.1. The molecule has 1 heterocycles. The average molecular weight is 401 g/mol. The summed E-state index contributed by atoms with van der Waals surface area (Å²) in [6.07, 6.45) is 0. The lowest BCUT2D eigenvalue weighted by atomic mass is 10.2. The highest BCUT2D eigenvalue weighted by molar-refractivity contribution is 7.98. The second-order valence-corrected chi connectivity index (χ2v) is 8.99. The summed E-state index contributed by atoms with van der Waals surface area (Å²) in [4.78, 5) is 17.9. The number of thioether (sulfide) groups is 1. The molecule has 6 heteroatoms. The largest absolute Gasteiger partial charge is 0.350 e. The number of carbonyl (C=O) groups excluding carboxylic acids is 1. The number of fused-ring (bicyclic) bond motifs is 1. The summed E-state index contributed by atoms with van der Waals surface area (Å²) >= 11 is 3.56. The van der Waals surface area contributed by atoms with Gasteiger partial charge in [0.05, 0.1) is 17.3 Å². The summed E-state index contributed by atoms with van der Waals surface area (Å²) in [6.45, 7) is 4.06. The molecule has 0 spiro atoms. The fourth-order valence-corrected chi connectivity index (χ4v) is 4.69. The number of benzene rings is 2. The van der Waals surface area contributed by atoms with Crippen molar-refractivity contribution < 1.29 is 9.69 Å².